The summed E-state index contributed by atoms with van der Waals surface area (Å²) in [5.41, 5.74) is 1.74. The van der Waals surface area contributed by atoms with Crippen LogP contribution in [0.3, 0.4) is 0 Å². The highest BCUT2D eigenvalue weighted by molar-refractivity contribution is 7.84. The van der Waals surface area contributed by atoms with Gasteiger partial charge in [-0.3, -0.25) is 4.98 Å². The average molecular weight is 355 g/mol. The highest BCUT2D eigenvalue weighted by atomic mass is 32.2. The Morgan fingerprint density at radius 1 is 1.43 bits per heavy atom. The fraction of sp³-hybridized carbons (Fsp3) is 0.533. The molecule has 6 nitrogen and oxygen atoms in total. The average Bonchev–Trinajstić information content (AvgIpc) is 2.97. The van der Waals surface area contributed by atoms with Gasteiger partial charge in [-0.05, 0) is 51.4 Å². The van der Waals surface area contributed by atoms with E-state index in [0.717, 1.165) is 16.3 Å². The Morgan fingerprint density at radius 2 is 2.17 bits per heavy atom. The number of aromatic nitrogens is 3. The highest BCUT2D eigenvalue weighted by Crippen LogP contribution is 2.23. The molecule has 0 spiro atoms. The predicted molar refractivity (Wildman–Crippen MR) is 93.3 cm³/mol. The second kappa shape index (κ2) is 7.57. The Bertz CT molecular complexity index is 682. The van der Waals surface area contributed by atoms with Crippen molar-refractivity contribution in [3.8, 4) is 11.4 Å². The minimum Gasteiger partial charge on any atom is -0.378 e. The molecule has 0 fully saturated rings. The van der Waals surface area contributed by atoms with Crippen LogP contribution in [0.4, 0.5) is 0 Å². The first kappa shape index (κ1) is 18.1. The molecule has 0 saturated carbocycles. The molecule has 2 aromatic rings. The number of nitrogens with one attached hydrogen (secondary N) is 1. The second-order valence-corrected chi connectivity index (χ2v) is 8.93. The number of ether oxygens (including phenoxy) is 1. The van der Waals surface area contributed by atoms with Gasteiger partial charge in [0.15, 0.2) is 5.82 Å². The third-order valence-corrected chi connectivity index (χ3v) is 5.60. The van der Waals surface area contributed by atoms with E-state index in [0.29, 0.717) is 12.4 Å². The Hall–Kier alpha value is -1.22. The molecule has 2 heterocycles. The van der Waals surface area contributed by atoms with Crippen LogP contribution in [0, 0.1) is 0 Å². The Morgan fingerprint density at radius 3 is 2.83 bits per heavy atom. The topological polar surface area (TPSA) is 77.0 Å². The smallest absolute Gasteiger partial charge is 0.173 e. The molecule has 0 aliphatic carbocycles. The van der Waals surface area contributed by atoms with Crippen LogP contribution < -0.4 is 4.72 Å². The van der Waals surface area contributed by atoms with Crippen molar-refractivity contribution in [3.63, 3.8) is 0 Å². The van der Waals surface area contributed by atoms with Gasteiger partial charge in [-0.15, -0.1) is 0 Å². The molecule has 2 aromatic heterocycles. The van der Waals surface area contributed by atoms with E-state index in [1.54, 1.807) is 13.3 Å². The van der Waals surface area contributed by atoms with Gasteiger partial charge in [0.1, 0.15) is 5.01 Å². The highest BCUT2D eigenvalue weighted by Gasteiger charge is 2.23. The second-order valence-electron chi connectivity index (χ2n) is 6.15. The minimum absolute atomic E-state index is 0.124. The van der Waals surface area contributed by atoms with Crippen molar-refractivity contribution in [3.05, 3.63) is 29.0 Å². The summed E-state index contributed by atoms with van der Waals surface area (Å²) in [6.07, 6.45) is 1.72. The van der Waals surface area contributed by atoms with E-state index in [9.17, 15) is 4.21 Å². The number of rotatable bonds is 6. The number of pyridine rings is 1. The van der Waals surface area contributed by atoms with Gasteiger partial charge in [-0.2, -0.15) is 4.37 Å². The third-order valence-electron chi connectivity index (χ3n) is 3.02. The number of hydrogen-bond acceptors (Lipinski definition) is 6. The van der Waals surface area contributed by atoms with Crippen molar-refractivity contribution in [1.29, 1.82) is 0 Å². The molecule has 0 aliphatic heterocycles. The molecule has 2 rings (SSSR count). The van der Waals surface area contributed by atoms with Crippen LogP contribution in [-0.4, -0.2) is 30.4 Å². The van der Waals surface area contributed by atoms with Crippen molar-refractivity contribution in [2.24, 2.45) is 0 Å². The molecule has 0 aromatic carbocycles. The zero-order chi connectivity index (χ0) is 17.0. The quantitative estimate of drug-likeness (QED) is 0.863. The predicted octanol–water partition coefficient (Wildman–Crippen LogP) is 2.86. The molecule has 0 radical (unpaired) electrons. The van der Waals surface area contributed by atoms with Gasteiger partial charge in [-0.1, -0.05) is 0 Å². The van der Waals surface area contributed by atoms with Gasteiger partial charge in [0.05, 0.1) is 34.1 Å². The van der Waals surface area contributed by atoms with Gasteiger partial charge < -0.3 is 4.74 Å². The van der Waals surface area contributed by atoms with E-state index < -0.39 is 11.0 Å². The van der Waals surface area contributed by atoms with Crippen molar-refractivity contribution in [2.75, 3.05) is 7.11 Å². The zero-order valence-corrected chi connectivity index (χ0v) is 15.6. The molecule has 126 valence electrons. The molecule has 0 saturated heterocycles. The monoisotopic (exact) mass is 354 g/mol. The van der Waals surface area contributed by atoms with Gasteiger partial charge in [-0.25, -0.2) is 13.9 Å². The van der Waals surface area contributed by atoms with Crippen LogP contribution >= 0.6 is 11.5 Å². The van der Waals surface area contributed by atoms with Crippen LogP contribution in [0.5, 0.6) is 0 Å². The van der Waals surface area contributed by atoms with Crippen LogP contribution in [0.2, 0.25) is 0 Å². The summed E-state index contributed by atoms with van der Waals surface area (Å²) in [5, 5.41) is 0.808. The number of nitrogens with zero attached hydrogens (tertiary/aromatic N) is 3. The molecule has 1 N–H and O–H groups in total. The van der Waals surface area contributed by atoms with E-state index in [4.69, 9.17) is 4.74 Å². The molecular formula is C15H22N4O2S2. The van der Waals surface area contributed by atoms with Crippen LogP contribution in [0.15, 0.2) is 18.3 Å². The Balaban J connectivity index is 2.14. The van der Waals surface area contributed by atoms with E-state index >= 15 is 0 Å². The Labute approximate surface area is 143 Å². The Kier molecular flexibility index (Phi) is 5.96. The molecule has 23 heavy (non-hydrogen) atoms. The fourth-order valence-corrected chi connectivity index (χ4v) is 3.29. The molecule has 2 atom stereocenters. The summed E-state index contributed by atoms with van der Waals surface area (Å²) in [6.45, 7) is 8.19. The maximum atomic E-state index is 12.2. The van der Waals surface area contributed by atoms with E-state index in [2.05, 4.69) is 19.1 Å². The maximum absolute atomic E-state index is 12.2. The van der Waals surface area contributed by atoms with E-state index in [-0.39, 0.29) is 10.8 Å². The SMILES string of the molecule is COCc1cc(-c2nsc([C@@H](C)NS(=O)C(C)(C)C)n2)ccn1. The molecular weight excluding hydrogens is 332 g/mol. The molecule has 0 aliphatic rings. The summed E-state index contributed by atoms with van der Waals surface area (Å²) < 4.78 is 24.4. The lowest BCUT2D eigenvalue weighted by Gasteiger charge is -2.20. The van der Waals surface area contributed by atoms with E-state index in [1.807, 2.05) is 39.8 Å². The third kappa shape index (κ3) is 4.87. The molecule has 0 amide bonds. The van der Waals surface area contributed by atoms with Crippen LogP contribution in [0.1, 0.15) is 44.4 Å². The first-order chi connectivity index (χ1) is 10.8. The summed E-state index contributed by atoms with van der Waals surface area (Å²) in [7, 11) is 0.488. The molecule has 0 bridgehead atoms. The fourth-order valence-electron chi connectivity index (χ4n) is 1.76. The maximum Gasteiger partial charge on any atom is 0.173 e. The lowest BCUT2D eigenvalue weighted by Crippen LogP contribution is -2.34. The summed E-state index contributed by atoms with van der Waals surface area (Å²) in [5.74, 6) is 0.653. The normalized spacial score (nSPS) is 14.7. The molecule has 1 unspecified atom stereocenters. The van der Waals surface area contributed by atoms with Gasteiger partial charge in [0.25, 0.3) is 0 Å². The first-order valence-corrected chi connectivity index (χ1v) is 9.19. The van der Waals surface area contributed by atoms with Gasteiger partial charge >= 0.3 is 0 Å². The number of hydrogen-bond donors (Lipinski definition) is 1. The standard InChI is InChI=1S/C15H22N4O2S2/c1-10(19-23(20)15(2,3)4)14-17-13(18-22-14)11-6-7-16-12(8-11)9-21-5/h6-8,10,19H,9H2,1-5H3/t10-,23?/m1/s1. The summed E-state index contributed by atoms with van der Waals surface area (Å²) >= 11 is 1.31. The van der Waals surface area contributed by atoms with Gasteiger partial charge in [0.2, 0.25) is 0 Å². The summed E-state index contributed by atoms with van der Waals surface area (Å²) in [4.78, 5) is 8.79. The van der Waals surface area contributed by atoms with Crippen LogP contribution in [-0.2, 0) is 22.3 Å². The van der Waals surface area contributed by atoms with Gasteiger partial charge in [0, 0.05) is 18.9 Å². The zero-order valence-electron chi connectivity index (χ0n) is 14.0. The van der Waals surface area contributed by atoms with Crippen molar-refractivity contribution in [2.45, 2.75) is 45.1 Å². The largest absolute Gasteiger partial charge is 0.378 e. The van der Waals surface area contributed by atoms with Crippen LogP contribution in [0.25, 0.3) is 11.4 Å². The summed E-state index contributed by atoms with van der Waals surface area (Å²) in [6, 6.07) is 3.67. The first-order valence-electron chi connectivity index (χ1n) is 7.27. The van der Waals surface area contributed by atoms with Crippen molar-refractivity contribution < 1.29 is 8.95 Å². The lowest BCUT2D eigenvalue weighted by atomic mass is 10.2. The minimum atomic E-state index is -1.15. The molecule has 8 heteroatoms. The number of methoxy groups -OCH3 is 1. The lowest BCUT2D eigenvalue weighted by molar-refractivity contribution is 0.181. The van der Waals surface area contributed by atoms with E-state index in [1.165, 1.54) is 11.5 Å². The van der Waals surface area contributed by atoms with Crippen molar-refractivity contribution >= 4 is 22.5 Å². The van der Waals surface area contributed by atoms with Crippen molar-refractivity contribution in [1.82, 2.24) is 19.1 Å².